The molecule has 1 atom stereocenters. The number of rotatable bonds is 6. The number of hydrogen-bond donors (Lipinski definition) is 2. The van der Waals surface area contributed by atoms with Crippen LogP contribution in [-0.2, 0) is 4.79 Å². The van der Waals surface area contributed by atoms with E-state index in [9.17, 15) is 14.7 Å². The van der Waals surface area contributed by atoms with Crippen molar-refractivity contribution in [3.63, 3.8) is 0 Å². The lowest BCUT2D eigenvalue weighted by molar-refractivity contribution is -0.131. The molecule has 0 aliphatic carbocycles. The molecule has 24 heavy (non-hydrogen) atoms. The third-order valence-electron chi connectivity index (χ3n) is 3.58. The Labute approximate surface area is 139 Å². The first-order valence-corrected chi connectivity index (χ1v) is 7.39. The molecule has 0 fully saturated rings. The van der Waals surface area contributed by atoms with Crippen molar-refractivity contribution in [2.45, 2.75) is 20.0 Å². The zero-order chi connectivity index (χ0) is 17.7. The van der Waals surface area contributed by atoms with Gasteiger partial charge in [-0.3, -0.25) is 0 Å². The Bertz CT molecular complexity index is 778. The number of allylic oxidation sites excluding steroid dienone is 1. The van der Waals surface area contributed by atoms with E-state index in [1.165, 1.54) is 6.07 Å². The number of aromatic carboxylic acids is 1. The molecular formula is C19H18O5. The molecule has 0 aromatic heterocycles. The maximum absolute atomic E-state index is 11.5. The molecule has 0 saturated carbocycles. The van der Waals surface area contributed by atoms with Crippen molar-refractivity contribution in [3.05, 3.63) is 71.3 Å². The molecule has 0 amide bonds. The van der Waals surface area contributed by atoms with Crippen LogP contribution in [-0.4, -0.2) is 22.2 Å². The summed E-state index contributed by atoms with van der Waals surface area (Å²) in [6.45, 7) is 3.45. The monoisotopic (exact) mass is 326 g/mol. The second kappa shape index (κ2) is 7.46. The quantitative estimate of drug-likeness (QED) is 0.784. The predicted molar refractivity (Wildman–Crippen MR) is 90.2 cm³/mol. The molecule has 0 bridgehead atoms. The number of benzene rings is 2. The summed E-state index contributed by atoms with van der Waals surface area (Å²) in [5, 5.41) is 18.2. The van der Waals surface area contributed by atoms with Crippen LogP contribution < -0.4 is 4.74 Å². The molecule has 2 aromatic rings. The van der Waals surface area contributed by atoms with Gasteiger partial charge in [0.1, 0.15) is 17.4 Å². The van der Waals surface area contributed by atoms with Gasteiger partial charge in [0, 0.05) is 6.08 Å². The molecule has 0 spiro atoms. The summed E-state index contributed by atoms with van der Waals surface area (Å²) in [7, 11) is 0. The fourth-order valence-electron chi connectivity index (χ4n) is 2.30. The first-order chi connectivity index (χ1) is 11.4. The minimum Gasteiger partial charge on any atom is -0.485 e. The third kappa shape index (κ3) is 4.23. The van der Waals surface area contributed by atoms with Gasteiger partial charge in [0.15, 0.2) is 0 Å². The van der Waals surface area contributed by atoms with Gasteiger partial charge in [0.25, 0.3) is 0 Å². The molecule has 5 heteroatoms. The molecule has 2 aromatic carbocycles. The maximum Gasteiger partial charge on any atom is 0.339 e. The molecule has 1 unspecified atom stereocenters. The number of aliphatic carboxylic acids is 1. The van der Waals surface area contributed by atoms with Crippen LogP contribution in [0.5, 0.6) is 5.75 Å². The van der Waals surface area contributed by atoms with Crippen LogP contribution >= 0.6 is 0 Å². The number of carboxylic acid groups (broad SMARTS) is 2. The van der Waals surface area contributed by atoms with Gasteiger partial charge in [-0.05, 0) is 42.7 Å². The van der Waals surface area contributed by atoms with E-state index in [4.69, 9.17) is 9.84 Å². The zero-order valence-corrected chi connectivity index (χ0v) is 13.4. The van der Waals surface area contributed by atoms with Gasteiger partial charge in [-0.15, -0.1) is 0 Å². The van der Waals surface area contributed by atoms with Gasteiger partial charge >= 0.3 is 11.9 Å². The molecule has 0 aliphatic rings. The van der Waals surface area contributed by atoms with Crippen LogP contribution in [0.3, 0.4) is 0 Å². The van der Waals surface area contributed by atoms with Gasteiger partial charge < -0.3 is 14.9 Å². The molecule has 0 heterocycles. The lowest BCUT2D eigenvalue weighted by Crippen LogP contribution is -2.08. The lowest BCUT2D eigenvalue weighted by Gasteiger charge is -2.17. The highest BCUT2D eigenvalue weighted by Gasteiger charge is 2.16. The molecule has 0 radical (unpaired) electrons. The highest BCUT2D eigenvalue weighted by Crippen LogP contribution is 2.28. The summed E-state index contributed by atoms with van der Waals surface area (Å²) in [6.07, 6.45) is 0.722. The van der Waals surface area contributed by atoms with E-state index in [1.54, 1.807) is 19.1 Å². The average molecular weight is 326 g/mol. The van der Waals surface area contributed by atoms with E-state index in [1.807, 2.05) is 37.3 Å². The smallest absolute Gasteiger partial charge is 0.339 e. The first-order valence-electron chi connectivity index (χ1n) is 7.39. The molecule has 0 saturated heterocycles. The van der Waals surface area contributed by atoms with Crippen LogP contribution in [0.1, 0.15) is 41.4 Å². The summed E-state index contributed by atoms with van der Waals surface area (Å²) >= 11 is 0. The van der Waals surface area contributed by atoms with E-state index in [2.05, 4.69) is 0 Å². The van der Waals surface area contributed by atoms with Crippen molar-refractivity contribution < 1.29 is 24.5 Å². The molecule has 2 N–H and O–H groups in total. The Morgan fingerprint density at radius 1 is 1.08 bits per heavy atom. The zero-order valence-electron chi connectivity index (χ0n) is 13.4. The summed E-state index contributed by atoms with van der Waals surface area (Å²) in [4.78, 5) is 22.3. The van der Waals surface area contributed by atoms with Crippen molar-refractivity contribution >= 4 is 17.5 Å². The van der Waals surface area contributed by atoms with Gasteiger partial charge in [0.2, 0.25) is 0 Å². The van der Waals surface area contributed by atoms with E-state index >= 15 is 0 Å². The highest BCUT2D eigenvalue weighted by molar-refractivity contribution is 5.94. The second-order valence-corrected chi connectivity index (χ2v) is 5.35. The fourth-order valence-corrected chi connectivity index (χ4v) is 2.30. The van der Waals surface area contributed by atoms with E-state index < -0.39 is 11.9 Å². The predicted octanol–water partition coefficient (Wildman–Crippen LogP) is 4.01. The Morgan fingerprint density at radius 3 is 2.33 bits per heavy atom. The molecule has 124 valence electrons. The molecule has 0 aliphatic heterocycles. The van der Waals surface area contributed by atoms with Gasteiger partial charge in [-0.25, -0.2) is 9.59 Å². The molecular weight excluding hydrogens is 308 g/mol. The minimum atomic E-state index is -1.13. The van der Waals surface area contributed by atoms with Crippen LogP contribution in [0, 0.1) is 0 Å². The van der Waals surface area contributed by atoms with E-state index in [0.29, 0.717) is 11.1 Å². The average Bonchev–Trinajstić information content (AvgIpc) is 2.55. The van der Waals surface area contributed by atoms with Gasteiger partial charge in [-0.2, -0.15) is 0 Å². The normalized spacial score (nSPS) is 12.5. The van der Waals surface area contributed by atoms with Gasteiger partial charge in [0.05, 0.1) is 0 Å². The number of carbonyl (C=O) groups is 2. The Kier molecular flexibility index (Phi) is 5.37. The van der Waals surface area contributed by atoms with Crippen LogP contribution in [0.25, 0.3) is 5.57 Å². The van der Waals surface area contributed by atoms with Crippen molar-refractivity contribution in [1.82, 2.24) is 0 Å². The van der Waals surface area contributed by atoms with Crippen molar-refractivity contribution in [1.29, 1.82) is 0 Å². The third-order valence-corrected chi connectivity index (χ3v) is 3.58. The summed E-state index contributed by atoms with van der Waals surface area (Å²) in [6, 6.07) is 14.1. The van der Waals surface area contributed by atoms with Crippen molar-refractivity contribution in [3.8, 4) is 5.75 Å². The Morgan fingerprint density at radius 2 is 1.75 bits per heavy atom. The van der Waals surface area contributed by atoms with Crippen LogP contribution in [0.4, 0.5) is 0 Å². The topological polar surface area (TPSA) is 83.8 Å². The largest absolute Gasteiger partial charge is 0.485 e. The number of carboxylic acids is 2. The van der Waals surface area contributed by atoms with Crippen LogP contribution in [0.2, 0.25) is 0 Å². The standard InChI is InChI=1S/C19H18O5/c1-12(10-18(20)21)15-8-9-17(16(11-15)19(22)23)24-13(2)14-6-4-3-5-7-14/h3-11,13H,1-2H3,(H,20,21)(H,22,23)/b12-10+. The lowest BCUT2D eigenvalue weighted by atomic mass is 10.0. The number of hydrogen-bond acceptors (Lipinski definition) is 3. The molecule has 2 rings (SSSR count). The van der Waals surface area contributed by atoms with Crippen molar-refractivity contribution in [2.24, 2.45) is 0 Å². The highest BCUT2D eigenvalue weighted by atomic mass is 16.5. The van der Waals surface area contributed by atoms with Crippen molar-refractivity contribution in [2.75, 3.05) is 0 Å². The summed E-state index contributed by atoms with van der Waals surface area (Å²) < 4.78 is 5.79. The SMILES string of the molecule is C/C(=C\C(=O)O)c1ccc(OC(C)c2ccccc2)c(C(=O)O)c1. The Balaban J connectivity index is 2.34. The fraction of sp³-hybridized carbons (Fsp3) is 0.158. The van der Waals surface area contributed by atoms with E-state index in [0.717, 1.165) is 11.6 Å². The first kappa shape index (κ1) is 17.3. The summed E-state index contributed by atoms with van der Waals surface area (Å²) in [5.41, 5.74) is 1.91. The van der Waals surface area contributed by atoms with E-state index in [-0.39, 0.29) is 17.4 Å². The summed E-state index contributed by atoms with van der Waals surface area (Å²) in [5.74, 6) is -1.97. The Hall–Kier alpha value is -3.08. The maximum atomic E-state index is 11.5. The second-order valence-electron chi connectivity index (χ2n) is 5.35. The van der Waals surface area contributed by atoms with Gasteiger partial charge in [-0.1, -0.05) is 36.4 Å². The van der Waals surface area contributed by atoms with Crippen LogP contribution in [0.15, 0.2) is 54.6 Å². The molecule has 5 nitrogen and oxygen atoms in total. The number of ether oxygens (including phenoxy) is 1. The minimum absolute atomic E-state index is 0.00609.